The van der Waals surface area contributed by atoms with Gasteiger partial charge < -0.3 is 25.4 Å². The summed E-state index contributed by atoms with van der Waals surface area (Å²) in [6.45, 7) is 12.9. The van der Waals surface area contributed by atoms with Gasteiger partial charge in [0, 0.05) is 6.54 Å². The van der Waals surface area contributed by atoms with Crippen LogP contribution < -0.4 is 10.6 Å². The Hall–Kier alpha value is -3.26. The number of aromatic hydroxyl groups is 1. The van der Waals surface area contributed by atoms with Crippen molar-refractivity contribution < 1.29 is 24.2 Å². The number of amides is 3. The molecule has 0 aromatic heterocycles. The molecular formula is C28H38ClN3O5. The number of hydrogen-bond acceptors (Lipinski definition) is 5. The second-order valence-corrected chi connectivity index (χ2v) is 10.8. The van der Waals surface area contributed by atoms with Gasteiger partial charge in [0.1, 0.15) is 23.4 Å². The van der Waals surface area contributed by atoms with Crippen molar-refractivity contribution in [2.45, 2.75) is 72.6 Å². The lowest BCUT2D eigenvalue weighted by Crippen LogP contribution is -2.52. The van der Waals surface area contributed by atoms with E-state index in [0.717, 1.165) is 5.56 Å². The average molecular weight is 532 g/mol. The number of carbonyl (C=O) groups is 3. The fraction of sp³-hybridized carbons (Fsp3) is 0.464. The first-order chi connectivity index (χ1) is 17.2. The topological polar surface area (TPSA) is 108 Å². The zero-order chi connectivity index (χ0) is 27.9. The van der Waals surface area contributed by atoms with E-state index in [2.05, 4.69) is 10.6 Å². The molecule has 0 aliphatic rings. The quantitative estimate of drug-likeness (QED) is 0.378. The van der Waals surface area contributed by atoms with Gasteiger partial charge in [-0.15, -0.1) is 0 Å². The summed E-state index contributed by atoms with van der Waals surface area (Å²) in [5.74, 6) is -0.790. The highest BCUT2D eigenvalue weighted by Gasteiger charge is 2.36. The third-order valence-corrected chi connectivity index (χ3v) is 5.87. The van der Waals surface area contributed by atoms with Gasteiger partial charge in [0.2, 0.25) is 5.91 Å². The third-order valence-electron chi connectivity index (χ3n) is 5.56. The standard InChI is InChI=1S/C28H38ClN3O5/c1-8-32(26(35)22(16-17(2)3)30-27(36)37-28(5,6)7)24(19-12-14-20(33)15-13-19)25(34)31-23-18(4)10-9-11-21(23)29/h9-15,17,22,24,33H,8,16H2,1-7H3,(H,30,36)(H,31,34). The maximum atomic E-state index is 13.9. The van der Waals surface area contributed by atoms with Crippen molar-refractivity contribution in [1.29, 1.82) is 0 Å². The number of alkyl carbamates (subject to hydrolysis) is 1. The van der Waals surface area contributed by atoms with Gasteiger partial charge in [0.25, 0.3) is 5.91 Å². The van der Waals surface area contributed by atoms with E-state index in [0.29, 0.717) is 22.7 Å². The zero-order valence-electron chi connectivity index (χ0n) is 22.6. The van der Waals surface area contributed by atoms with Crippen LogP contribution in [0.15, 0.2) is 42.5 Å². The van der Waals surface area contributed by atoms with Gasteiger partial charge in [-0.05, 0) is 76.3 Å². The summed E-state index contributed by atoms with van der Waals surface area (Å²) in [5.41, 5.74) is 0.980. The average Bonchev–Trinajstić information content (AvgIpc) is 2.78. The highest BCUT2D eigenvalue weighted by atomic mass is 35.5. The molecule has 0 heterocycles. The summed E-state index contributed by atoms with van der Waals surface area (Å²) in [7, 11) is 0. The van der Waals surface area contributed by atoms with Crippen molar-refractivity contribution in [2.24, 2.45) is 5.92 Å². The smallest absolute Gasteiger partial charge is 0.408 e. The molecule has 2 rings (SSSR count). The van der Waals surface area contributed by atoms with Crippen LogP contribution in [0, 0.1) is 12.8 Å². The van der Waals surface area contributed by atoms with Crippen molar-refractivity contribution in [1.82, 2.24) is 10.2 Å². The van der Waals surface area contributed by atoms with Crippen molar-refractivity contribution in [3.8, 4) is 5.75 Å². The molecule has 9 heteroatoms. The molecule has 2 atom stereocenters. The fourth-order valence-electron chi connectivity index (χ4n) is 3.92. The second kappa shape index (κ2) is 12.8. The molecule has 0 saturated carbocycles. The lowest BCUT2D eigenvalue weighted by Gasteiger charge is -2.34. The number of ether oxygens (including phenoxy) is 1. The highest BCUT2D eigenvalue weighted by molar-refractivity contribution is 6.34. The number of nitrogens with zero attached hydrogens (tertiary/aromatic N) is 1. The summed E-state index contributed by atoms with van der Waals surface area (Å²) in [5, 5.41) is 15.8. The Balaban J connectivity index is 2.48. The van der Waals surface area contributed by atoms with E-state index in [9.17, 15) is 19.5 Å². The molecule has 37 heavy (non-hydrogen) atoms. The maximum absolute atomic E-state index is 13.9. The molecule has 3 amide bonds. The highest BCUT2D eigenvalue weighted by Crippen LogP contribution is 2.30. The normalized spacial score (nSPS) is 13.0. The summed E-state index contributed by atoms with van der Waals surface area (Å²) >= 11 is 6.35. The Labute approximate surface area is 224 Å². The Kier molecular flexibility index (Phi) is 10.4. The Morgan fingerprint density at radius 2 is 1.70 bits per heavy atom. The van der Waals surface area contributed by atoms with Gasteiger partial charge in [0.15, 0.2) is 0 Å². The van der Waals surface area contributed by atoms with Crippen LogP contribution in [-0.4, -0.2) is 46.1 Å². The molecule has 0 spiro atoms. The van der Waals surface area contributed by atoms with Gasteiger partial charge >= 0.3 is 6.09 Å². The minimum Gasteiger partial charge on any atom is -0.508 e. The van der Waals surface area contributed by atoms with Crippen LogP contribution in [-0.2, 0) is 14.3 Å². The predicted molar refractivity (Wildman–Crippen MR) is 146 cm³/mol. The first-order valence-corrected chi connectivity index (χ1v) is 12.8. The van der Waals surface area contributed by atoms with Gasteiger partial charge in [-0.2, -0.15) is 0 Å². The van der Waals surface area contributed by atoms with Gasteiger partial charge in [-0.3, -0.25) is 9.59 Å². The predicted octanol–water partition coefficient (Wildman–Crippen LogP) is 5.82. The first kappa shape index (κ1) is 30.0. The van der Waals surface area contributed by atoms with Gasteiger partial charge in [-0.25, -0.2) is 4.79 Å². The minimum atomic E-state index is -1.05. The number of hydrogen-bond donors (Lipinski definition) is 3. The van der Waals surface area contributed by atoms with E-state index < -0.39 is 35.6 Å². The lowest BCUT2D eigenvalue weighted by atomic mass is 9.99. The SMILES string of the molecule is CCN(C(=O)C(CC(C)C)NC(=O)OC(C)(C)C)C(C(=O)Nc1c(C)cccc1Cl)c1ccc(O)cc1. The molecule has 0 radical (unpaired) electrons. The zero-order valence-corrected chi connectivity index (χ0v) is 23.3. The first-order valence-electron chi connectivity index (χ1n) is 12.4. The third kappa shape index (κ3) is 8.67. The molecule has 0 aliphatic carbocycles. The molecule has 2 unspecified atom stereocenters. The van der Waals surface area contributed by atoms with E-state index >= 15 is 0 Å². The lowest BCUT2D eigenvalue weighted by molar-refractivity contribution is -0.140. The minimum absolute atomic E-state index is 0.0310. The monoisotopic (exact) mass is 531 g/mol. The number of anilines is 1. The Morgan fingerprint density at radius 3 is 2.22 bits per heavy atom. The van der Waals surface area contributed by atoms with Crippen LogP contribution in [0.3, 0.4) is 0 Å². The summed E-state index contributed by atoms with van der Waals surface area (Å²) in [6, 6.07) is 9.41. The molecular weight excluding hydrogens is 494 g/mol. The van der Waals surface area contributed by atoms with E-state index in [4.69, 9.17) is 16.3 Å². The molecule has 0 saturated heterocycles. The summed E-state index contributed by atoms with van der Waals surface area (Å²) in [4.78, 5) is 41.6. The van der Waals surface area contributed by atoms with Crippen LogP contribution in [0.5, 0.6) is 5.75 Å². The Bertz CT molecular complexity index is 1080. The summed E-state index contributed by atoms with van der Waals surface area (Å²) < 4.78 is 5.38. The second-order valence-electron chi connectivity index (χ2n) is 10.4. The number of para-hydroxylation sites is 1. The van der Waals surface area contributed by atoms with Crippen molar-refractivity contribution in [3.05, 3.63) is 58.6 Å². The molecule has 0 fully saturated rings. The molecule has 0 aliphatic heterocycles. The molecule has 2 aromatic rings. The number of phenols is 1. The number of aryl methyl sites for hydroxylation is 1. The van der Waals surface area contributed by atoms with Crippen molar-refractivity contribution >= 4 is 35.2 Å². The number of halogens is 1. The molecule has 202 valence electrons. The number of phenolic OH excluding ortho intramolecular Hbond substituents is 1. The van der Waals surface area contributed by atoms with Crippen LogP contribution >= 0.6 is 11.6 Å². The van der Waals surface area contributed by atoms with Crippen LogP contribution in [0.25, 0.3) is 0 Å². The largest absolute Gasteiger partial charge is 0.508 e. The van der Waals surface area contributed by atoms with Gasteiger partial charge in [-0.1, -0.05) is 49.7 Å². The molecule has 3 N–H and O–H groups in total. The van der Waals surface area contributed by atoms with E-state index in [1.807, 2.05) is 26.8 Å². The van der Waals surface area contributed by atoms with Crippen LogP contribution in [0.4, 0.5) is 10.5 Å². The number of rotatable bonds is 9. The number of benzene rings is 2. The van der Waals surface area contributed by atoms with E-state index in [1.54, 1.807) is 52.0 Å². The van der Waals surface area contributed by atoms with Crippen LogP contribution in [0.1, 0.15) is 65.1 Å². The number of carbonyl (C=O) groups excluding carboxylic acids is 3. The maximum Gasteiger partial charge on any atom is 0.408 e. The van der Waals surface area contributed by atoms with Crippen LogP contribution in [0.2, 0.25) is 5.02 Å². The summed E-state index contributed by atoms with van der Waals surface area (Å²) in [6.07, 6.45) is -0.359. The molecule has 0 bridgehead atoms. The Morgan fingerprint density at radius 1 is 1.08 bits per heavy atom. The van der Waals surface area contributed by atoms with E-state index in [1.165, 1.54) is 17.0 Å². The number of nitrogens with one attached hydrogen (secondary N) is 2. The fourth-order valence-corrected chi connectivity index (χ4v) is 4.19. The molecule has 8 nitrogen and oxygen atoms in total. The van der Waals surface area contributed by atoms with E-state index in [-0.39, 0.29) is 18.2 Å². The van der Waals surface area contributed by atoms with Gasteiger partial charge in [0.05, 0.1) is 10.7 Å². The molecule has 2 aromatic carbocycles. The number of likely N-dealkylation sites (N-methyl/N-ethyl adjacent to an activating group) is 1. The van der Waals surface area contributed by atoms with Crippen molar-refractivity contribution in [3.63, 3.8) is 0 Å². The van der Waals surface area contributed by atoms with Crippen molar-refractivity contribution in [2.75, 3.05) is 11.9 Å².